The van der Waals surface area contributed by atoms with Crippen LogP contribution in [0.3, 0.4) is 0 Å². The number of rotatable bonds is 6. The van der Waals surface area contributed by atoms with Gasteiger partial charge in [0, 0.05) is 11.1 Å². The van der Waals surface area contributed by atoms with Crippen molar-refractivity contribution < 1.29 is 14.6 Å². The van der Waals surface area contributed by atoms with Crippen molar-refractivity contribution in [1.82, 2.24) is 0 Å². The Morgan fingerprint density at radius 1 is 1.22 bits per heavy atom. The highest BCUT2D eigenvalue weighted by atomic mass is 17.2. The monoisotopic (exact) mass is 251 g/mol. The summed E-state index contributed by atoms with van der Waals surface area (Å²) in [5, 5.41) is 2.88. The SMILES string of the molecule is CCOOc1ccc(NC(=O)C(C)(C)CC)cc1. The van der Waals surface area contributed by atoms with Crippen LogP contribution < -0.4 is 10.2 Å². The Balaban J connectivity index is 2.61. The quantitative estimate of drug-likeness (QED) is 0.622. The molecule has 1 amide bonds. The normalized spacial score (nSPS) is 11.1. The van der Waals surface area contributed by atoms with Gasteiger partial charge in [-0.05, 0) is 37.6 Å². The maximum absolute atomic E-state index is 12.0. The van der Waals surface area contributed by atoms with E-state index in [2.05, 4.69) is 5.32 Å². The Morgan fingerprint density at radius 3 is 2.33 bits per heavy atom. The summed E-state index contributed by atoms with van der Waals surface area (Å²) in [5.41, 5.74) is 0.394. The Hall–Kier alpha value is -1.55. The summed E-state index contributed by atoms with van der Waals surface area (Å²) in [7, 11) is 0. The number of carbonyl (C=O) groups is 1. The first-order chi connectivity index (χ1) is 8.49. The lowest BCUT2D eigenvalue weighted by molar-refractivity contribution is -0.202. The maximum Gasteiger partial charge on any atom is 0.230 e. The summed E-state index contributed by atoms with van der Waals surface area (Å²) in [5.74, 6) is 0.632. The third-order valence-corrected chi connectivity index (χ3v) is 2.88. The van der Waals surface area contributed by atoms with Gasteiger partial charge in [0.15, 0.2) is 5.75 Å². The minimum Gasteiger partial charge on any atom is -0.338 e. The molecule has 1 aromatic carbocycles. The van der Waals surface area contributed by atoms with Gasteiger partial charge in [-0.2, -0.15) is 4.89 Å². The van der Waals surface area contributed by atoms with Gasteiger partial charge >= 0.3 is 0 Å². The Morgan fingerprint density at radius 2 is 1.83 bits per heavy atom. The Bertz CT molecular complexity index is 385. The number of amides is 1. The van der Waals surface area contributed by atoms with Gasteiger partial charge in [-0.25, -0.2) is 0 Å². The lowest BCUT2D eigenvalue weighted by Gasteiger charge is -2.21. The first-order valence-corrected chi connectivity index (χ1v) is 6.20. The third kappa shape index (κ3) is 4.04. The van der Waals surface area contributed by atoms with Crippen LogP contribution in [0.2, 0.25) is 0 Å². The molecule has 18 heavy (non-hydrogen) atoms. The van der Waals surface area contributed by atoms with Crippen molar-refractivity contribution >= 4 is 11.6 Å². The second kappa shape index (κ2) is 6.40. The molecular weight excluding hydrogens is 230 g/mol. The minimum absolute atomic E-state index is 0.0171. The van der Waals surface area contributed by atoms with E-state index in [-0.39, 0.29) is 11.3 Å². The summed E-state index contributed by atoms with van der Waals surface area (Å²) < 4.78 is 0. The second-order valence-electron chi connectivity index (χ2n) is 4.71. The number of anilines is 1. The zero-order valence-corrected chi connectivity index (χ0v) is 11.4. The fourth-order valence-electron chi connectivity index (χ4n) is 1.18. The summed E-state index contributed by atoms with van der Waals surface area (Å²) in [6, 6.07) is 7.09. The molecule has 1 aromatic rings. The van der Waals surface area contributed by atoms with Crippen molar-refractivity contribution in [1.29, 1.82) is 0 Å². The molecule has 0 bridgehead atoms. The van der Waals surface area contributed by atoms with Crippen LogP contribution in [-0.2, 0) is 9.68 Å². The van der Waals surface area contributed by atoms with Crippen molar-refractivity contribution in [3.8, 4) is 5.75 Å². The summed E-state index contributed by atoms with van der Waals surface area (Å²) in [6.45, 7) is 8.19. The molecule has 1 rings (SSSR count). The number of carbonyl (C=O) groups excluding carboxylic acids is 1. The first kappa shape index (κ1) is 14.5. The molecule has 0 atom stereocenters. The van der Waals surface area contributed by atoms with E-state index in [1.165, 1.54) is 0 Å². The molecule has 0 radical (unpaired) electrons. The van der Waals surface area contributed by atoms with Crippen LogP contribution in [0.1, 0.15) is 34.1 Å². The van der Waals surface area contributed by atoms with Crippen molar-refractivity contribution in [3.63, 3.8) is 0 Å². The van der Waals surface area contributed by atoms with Crippen molar-refractivity contribution in [2.75, 3.05) is 11.9 Å². The molecule has 0 saturated heterocycles. The van der Waals surface area contributed by atoms with E-state index in [1.807, 2.05) is 27.7 Å². The average molecular weight is 251 g/mol. The van der Waals surface area contributed by atoms with Crippen LogP contribution in [0.25, 0.3) is 0 Å². The molecule has 0 heterocycles. The van der Waals surface area contributed by atoms with Crippen LogP contribution in [0.5, 0.6) is 5.75 Å². The molecule has 0 aliphatic rings. The molecule has 0 fully saturated rings. The predicted molar refractivity (Wildman–Crippen MR) is 71.4 cm³/mol. The Labute approximate surface area is 108 Å². The number of nitrogens with one attached hydrogen (secondary N) is 1. The topological polar surface area (TPSA) is 47.6 Å². The zero-order chi connectivity index (χ0) is 13.6. The highest BCUT2D eigenvalue weighted by Crippen LogP contribution is 2.23. The van der Waals surface area contributed by atoms with Gasteiger partial charge in [0.05, 0.1) is 6.61 Å². The van der Waals surface area contributed by atoms with E-state index in [9.17, 15) is 4.79 Å². The van der Waals surface area contributed by atoms with Crippen LogP contribution in [0, 0.1) is 5.41 Å². The first-order valence-electron chi connectivity index (χ1n) is 6.20. The van der Waals surface area contributed by atoms with Crippen LogP contribution in [0.15, 0.2) is 24.3 Å². The molecule has 0 aromatic heterocycles. The Kier molecular flexibility index (Phi) is 5.16. The minimum atomic E-state index is -0.361. The molecule has 100 valence electrons. The van der Waals surface area contributed by atoms with Crippen LogP contribution >= 0.6 is 0 Å². The van der Waals surface area contributed by atoms with Gasteiger partial charge in [-0.15, -0.1) is 0 Å². The van der Waals surface area contributed by atoms with Crippen LogP contribution in [-0.4, -0.2) is 12.5 Å². The molecule has 4 heteroatoms. The summed E-state index contributed by atoms with van der Waals surface area (Å²) in [6.07, 6.45) is 0.796. The van der Waals surface area contributed by atoms with E-state index in [4.69, 9.17) is 9.78 Å². The van der Waals surface area contributed by atoms with E-state index < -0.39 is 0 Å². The third-order valence-electron chi connectivity index (χ3n) is 2.88. The standard InChI is InChI=1S/C14H21NO3/c1-5-14(3,4)13(16)15-11-7-9-12(10-8-11)18-17-6-2/h7-10H,5-6H2,1-4H3,(H,15,16). The van der Waals surface area contributed by atoms with Gasteiger partial charge < -0.3 is 10.2 Å². The highest BCUT2D eigenvalue weighted by molar-refractivity contribution is 5.94. The molecular formula is C14H21NO3. The van der Waals surface area contributed by atoms with Gasteiger partial charge in [-0.3, -0.25) is 4.79 Å². The summed E-state index contributed by atoms with van der Waals surface area (Å²) in [4.78, 5) is 21.8. The molecule has 0 saturated carbocycles. The number of hydrogen-bond donors (Lipinski definition) is 1. The van der Waals surface area contributed by atoms with Crippen molar-refractivity contribution in [2.24, 2.45) is 5.41 Å². The highest BCUT2D eigenvalue weighted by Gasteiger charge is 2.25. The van der Waals surface area contributed by atoms with Gasteiger partial charge in [-0.1, -0.05) is 20.8 Å². The molecule has 0 aliphatic carbocycles. The average Bonchev–Trinajstić information content (AvgIpc) is 2.37. The van der Waals surface area contributed by atoms with Crippen LogP contribution in [0.4, 0.5) is 5.69 Å². The fraction of sp³-hybridized carbons (Fsp3) is 0.500. The number of benzene rings is 1. The summed E-state index contributed by atoms with van der Waals surface area (Å²) >= 11 is 0. The lowest BCUT2D eigenvalue weighted by atomic mass is 9.89. The molecule has 0 unspecified atom stereocenters. The molecule has 1 N–H and O–H groups in total. The fourth-order valence-corrected chi connectivity index (χ4v) is 1.18. The van der Waals surface area contributed by atoms with E-state index in [1.54, 1.807) is 24.3 Å². The molecule has 0 aliphatic heterocycles. The lowest BCUT2D eigenvalue weighted by Crippen LogP contribution is -2.29. The predicted octanol–water partition coefficient (Wildman–Crippen LogP) is 3.39. The number of hydrogen-bond acceptors (Lipinski definition) is 3. The largest absolute Gasteiger partial charge is 0.338 e. The smallest absolute Gasteiger partial charge is 0.230 e. The van der Waals surface area contributed by atoms with E-state index >= 15 is 0 Å². The van der Waals surface area contributed by atoms with Gasteiger partial charge in [0.25, 0.3) is 0 Å². The van der Waals surface area contributed by atoms with Gasteiger partial charge in [0.2, 0.25) is 5.91 Å². The molecule has 4 nitrogen and oxygen atoms in total. The van der Waals surface area contributed by atoms with Crippen molar-refractivity contribution in [2.45, 2.75) is 34.1 Å². The van der Waals surface area contributed by atoms with Gasteiger partial charge in [0.1, 0.15) is 0 Å². The zero-order valence-electron chi connectivity index (χ0n) is 11.4. The van der Waals surface area contributed by atoms with E-state index in [0.717, 1.165) is 12.1 Å². The van der Waals surface area contributed by atoms with E-state index in [0.29, 0.717) is 12.4 Å². The van der Waals surface area contributed by atoms with Crippen molar-refractivity contribution in [3.05, 3.63) is 24.3 Å². The second-order valence-corrected chi connectivity index (χ2v) is 4.71. The maximum atomic E-state index is 12.0. The molecule has 0 spiro atoms.